The first kappa shape index (κ1) is 28.1. The Morgan fingerprint density at radius 2 is 0.702 bits per heavy atom. The molecule has 0 saturated carbocycles. The van der Waals surface area contributed by atoms with Crippen molar-refractivity contribution in [2.75, 3.05) is 8.46 Å². The second-order valence-corrected chi connectivity index (χ2v) is 20.9. The molecule has 1 saturated heterocycles. The van der Waals surface area contributed by atoms with Crippen molar-refractivity contribution in [3.8, 4) is 0 Å². The third kappa shape index (κ3) is 4.07. The van der Waals surface area contributed by atoms with Crippen molar-refractivity contribution in [2.24, 2.45) is 0 Å². The molecule has 0 bridgehead atoms. The predicted molar refractivity (Wildman–Crippen MR) is 207 cm³/mol. The zero-order valence-electron chi connectivity index (χ0n) is 25.8. The van der Waals surface area contributed by atoms with Crippen LogP contribution in [0.2, 0.25) is 0 Å². The van der Waals surface area contributed by atoms with Gasteiger partial charge in [0.05, 0.1) is 0 Å². The molecule has 47 heavy (non-hydrogen) atoms. The lowest BCUT2D eigenvalue weighted by atomic mass is 10.1. The van der Waals surface area contributed by atoms with Crippen molar-refractivity contribution in [3.05, 3.63) is 194 Å². The van der Waals surface area contributed by atoms with E-state index in [9.17, 15) is 0 Å². The molecule has 8 aromatic rings. The van der Waals surface area contributed by atoms with Gasteiger partial charge in [0.15, 0.2) is 0 Å². The molecule has 1 fully saturated rings. The van der Waals surface area contributed by atoms with Crippen molar-refractivity contribution >= 4 is 80.4 Å². The highest BCUT2D eigenvalue weighted by Gasteiger charge is 2.74. The lowest BCUT2D eigenvalue weighted by Crippen LogP contribution is -3.07. The molecule has 2 nitrogen and oxygen atoms in total. The number of anilines is 2. The first-order valence-electron chi connectivity index (χ1n) is 16.1. The minimum Gasteiger partial charge on any atom is -0.378 e. The Morgan fingerprint density at radius 1 is 0.319 bits per heavy atom. The topological polar surface area (TPSA) is 6.48 Å². The Labute approximate surface area is 281 Å². The number of nitrogens with zero attached hydrogens (tertiary/aromatic N) is 2. The van der Waals surface area contributed by atoms with Crippen LogP contribution in [0.15, 0.2) is 194 Å². The Kier molecular flexibility index (Phi) is 6.71. The number of fused-ring (bicyclic) bond motifs is 3. The van der Waals surface area contributed by atoms with Gasteiger partial charge in [0.25, 0.3) is 0 Å². The van der Waals surface area contributed by atoms with Crippen LogP contribution in [0.5, 0.6) is 0 Å². The molecule has 9 rings (SSSR count). The third-order valence-electron chi connectivity index (χ3n) is 9.63. The van der Waals surface area contributed by atoms with E-state index >= 15 is 0 Å². The van der Waals surface area contributed by atoms with Crippen LogP contribution in [-0.4, -0.2) is 16.8 Å². The normalized spacial score (nSPS) is 15.1. The van der Waals surface area contributed by atoms with Gasteiger partial charge in [-0.25, -0.2) is 0 Å². The van der Waals surface area contributed by atoms with Crippen LogP contribution < -0.4 is 29.2 Å². The van der Waals surface area contributed by atoms with Gasteiger partial charge in [-0.2, -0.15) is 0 Å². The molecule has 224 valence electrons. The maximum absolute atomic E-state index is 2.97. The maximum Gasteiger partial charge on any atom is 0.318 e. The van der Waals surface area contributed by atoms with Gasteiger partial charge in [0, 0.05) is 31.5 Å². The van der Waals surface area contributed by atoms with Gasteiger partial charge in [-0.15, -0.1) is 11.3 Å². The molecule has 1 aliphatic heterocycles. The average Bonchev–Trinajstić information content (AvgIpc) is 3.52. The van der Waals surface area contributed by atoms with Crippen molar-refractivity contribution in [3.63, 3.8) is 0 Å². The van der Waals surface area contributed by atoms with Crippen molar-refractivity contribution in [1.82, 2.24) is 0 Å². The molecule has 0 unspecified atom stereocenters. The van der Waals surface area contributed by atoms with E-state index in [0.717, 1.165) is 0 Å². The number of para-hydroxylation sites is 1. The molecule has 0 aliphatic carbocycles. The predicted octanol–water partition coefficient (Wildman–Crippen LogP) is 7.89. The molecule has 5 heteroatoms. The molecule has 0 amide bonds. The fourth-order valence-electron chi connectivity index (χ4n) is 7.85. The second kappa shape index (κ2) is 11.2. The Balaban J connectivity index is 1.48. The first-order chi connectivity index (χ1) is 23.3. The summed E-state index contributed by atoms with van der Waals surface area (Å²) in [6, 6.07) is 72.6. The lowest BCUT2D eigenvalue weighted by molar-refractivity contribution is 1.22. The molecule has 7 aromatic carbocycles. The minimum atomic E-state index is -2.94. The van der Waals surface area contributed by atoms with Crippen molar-refractivity contribution in [1.29, 1.82) is 0 Å². The van der Waals surface area contributed by atoms with E-state index in [4.69, 9.17) is 0 Å². The van der Waals surface area contributed by atoms with Gasteiger partial charge < -0.3 is 8.46 Å². The zero-order chi connectivity index (χ0) is 31.3. The van der Waals surface area contributed by atoms with E-state index in [1.165, 1.54) is 52.3 Å². The number of hydrogen-bond donors (Lipinski definition) is 0. The summed E-state index contributed by atoms with van der Waals surface area (Å²) >= 11 is 1.88. The lowest BCUT2D eigenvalue weighted by Gasteiger charge is -2.73. The quantitative estimate of drug-likeness (QED) is 0.169. The van der Waals surface area contributed by atoms with Gasteiger partial charge >= 0.3 is 16.8 Å². The third-order valence-corrected chi connectivity index (χ3v) is 22.8. The fraction of sp³-hybridized carbons (Fsp3) is 0. The molecule has 0 spiro atoms. The molecule has 0 radical (unpaired) electrons. The average molecular weight is 653 g/mol. The number of benzene rings is 7. The van der Waals surface area contributed by atoms with Crippen LogP contribution in [0, 0.1) is 0 Å². The largest absolute Gasteiger partial charge is 0.378 e. The van der Waals surface area contributed by atoms with E-state index < -0.39 is 16.8 Å². The van der Waals surface area contributed by atoms with E-state index in [2.05, 4.69) is 203 Å². The SMILES string of the molecule is c1ccc(N2[Si](c3ccccc3)(c3ccccc3)N(c3ccc4sc5ccccc5c4c3)[Si]2(c2ccccc2)c2ccccc2)cc1. The summed E-state index contributed by atoms with van der Waals surface area (Å²) in [5.41, 5.74) is 2.55. The van der Waals surface area contributed by atoms with E-state index in [0.29, 0.717) is 0 Å². The smallest absolute Gasteiger partial charge is 0.318 e. The minimum absolute atomic E-state index is 1.27. The van der Waals surface area contributed by atoms with Crippen LogP contribution in [-0.2, 0) is 0 Å². The molecule has 0 atom stereocenters. The molecule has 1 aliphatic rings. The molecular weight excluding hydrogens is 621 g/mol. The summed E-state index contributed by atoms with van der Waals surface area (Å²) in [7, 11) is -5.88. The molecular formula is C42H32N2SSi2. The van der Waals surface area contributed by atoms with Gasteiger partial charge in [-0.3, -0.25) is 0 Å². The van der Waals surface area contributed by atoms with Crippen molar-refractivity contribution in [2.45, 2.75) is 0 Å². The van der Waals surface area contributed by atoms with E-state index in [1.807, 2.05) is 11.3 Å². The van der Waals surface area contributed by atoms with Crippen LogP contribution >= 0.6 is 11.3 Å². The summed E-state index contributed by atoms with van der Waals surface area (Å²) in [4.78, 5) is 0. The number of thiophene rings is 1. The van der Waals surface area contributed by atoms with Crippen LogP contribution in [0.25, 0.3) is 20.2 Å². The summed E-state index contributed by atoms with van der Waals surface area (Å²) in [6.07, 6.45) is 0. The summed E-state index contributed by atoms with van der Waals surface area (Å²) in [5, 5.41) is 8.16. The van der Waals surface area contributed by atoms with Gasteiger partial charge in [0.2, 0.25) is 0 Å². The highest BCUT2D eigenvalue weighted by atomic mass is 32.1. The van der Waals surface area contributed by atoms with Crippen LogP contribution in [0.1, 0.15) is 0 Å². The highest BCUT2D eigenvalue weighted by molar-refractivity contribution is 7.38. The van der Waals surface area contributed by atoms with Crippen LogP contribution in [0.4, 0.5) is 11.4 Å². The highest BCUT2D eigenvalue weighted by Crippen LogP contribution is 2.47. The monoisotopic (exact) mass is 652 g/mol. The zero-order valence-corrected chi connectivity index (χ0v) is 28.6. The first-order valence-corrected chi connectivity index (χ1v) is 20.7. The summed E-state index contributed by atoms with van der Waals surface area (Å²) < 4.78 is 8.56. The Morgan fingerprint density at radius 3 is 1.19 bits per heavy atom. The van der Waals surface area contributed by atoms with Crippen molar-refractivity contribution < 1.29 is 0 Å². The Bertz CT molecular complexity index is 2140. The molecule has 1 aromatic heterocycles. The molecule has 0 N–H and O–H groups in total. The van der Waals surface area contributed by atoms with E-state index in [-0.39, 0.29) is 0 Å². The van der Waals surface area contributed by atoms with Gasteiger partial charge in [-0.1, -0.05) is 158 Å². The van der Waals surface area contributed by atoms with Gasteiger partial charge in [0.1, 0.15) is 0 Å². The fourth-order valence-corrected chi connectivity index (χ4v) is 24.2. The number of hydrogen-bond acceptors (Lipinski definition) is 3. The summed E-state index contributed by atoms with van der Waals surface area (Å²) in [6.45, 7) is 0. The molecule has 2 heterocycles. The van der Waals surface area contributed by atoms with E-state index in [1.54, 1.807) is 0 Å². The second-order valence-electron chi connectivity index (χ2n) is 12.1. The van der Waals surface area contributed by atoms with Crippen LogP contribution in [0.3, 0.4) is 0 Å². The standard InChI is InChI=1S/C42H32N2SSi2/c1-6-18-33(19-7-1)43-46(35-20-8-2-9-21-35,36-22-10-3-11-23-36)44(34-30-31-42-40(32-34)39-28-16-17-29-41(39)45-42)47(43,37-24-12-4-13-25-37)38-26-14-5-15-27-38/h1-32H. The maximum atomic E-state index is 2.97. The van der Waals surface area contributed by atoms with Gasteiger partial charge in [-0.05, 0) is 57.1 Å². The Hall–Kier alpha value is -5.21. The summed E-state index contributed by atoms with van der Waals surface area (Å²) in [5.74, 6) is 0. The number of rotatable bonds is 6.